The minimum Gasteiger partial charge on any atom is -0.381 e. The predicted molar refractivity (Wildman–Crippen MR) is 51.3 cm³/mol. The molecule has 12 heavy (non-hydrogen) atoms. The molecule has 1 saturated carbocycles. The fraction of sp³-hybridized carbons (Fsp3) is 1.00. The Morgan fingerprint density at radius 1 is 1.50 bits per heavy atom. The molecule has 1 fully saturated rings. The van der Waals surface area contributed by atoms with E-state index in [4.69, 9.17) is 4.74 Å². The Labute approximate surface area is 75.7 Å². The van der Waals surface area contributed by atoms with Crippen LogP contribution in [0.5, 0.6) is 0 Å². The molecule has 2 heteroatoms. The van der Waals surface area contributed by atoms with E-state index in [-0.39, 0.29) is 0 Å². The van der Waals surface area contributed by atoms with Crippen molar-refractivity contribution in [3.05, 3.63) is 0 Å². The molecule has 1 unspecified atom stereocenters. The molecule has 0 aromatic heterocycles. The van der Waals surface area contributed by atoms with Gasteiger partial charge in [-0.2, -0.15) is 0 Å². The summed E-state index contributed by atoms with van der Waals surface area (Å²) in [5.74, 6) is 0.812. The molecule has 0 aromatic carbocycles. The maximum Gasteiger partial charge on any atom is 0.0601 e. The van der Waals surface area contributed by atoms with Gasteiger partial charge in [0.2, 0.25) is 0 Å². The van der Waals surface area contributed by atoms with Crippen LogP contribution in [0, 0.1) is 5.92 Å². The summed E-state index contributed by atoms with van der Waals surface area (Å²) in [6.45, 7) is 5.70. The summed E-state index contributed by atoms with van der Waals surface area (Å²) >= 11 is 0. The highest BCUT2D eigenvalue weighted by atomic mass is 16.5. The summed E-state index contributed by atoms with van der Waals surface area (Å²) in [6.07, 6.45) is 4.20. The van der Waals surface area contributed by atoms with Crippen LogP contribution in [0.2, 0.25) is 0 Å². The maximum atomic E-state index is 5.21. The summed E-state index contributed by atoms with van der Waals surface area (Å²) in [5, 5.41) is 3.55. The van der Waals surface area contributed by atoms with E-state index in [1.54, 1.807) is 7.11 Å². The van der Waals surface area contributed by atoms with Crippen LogP contribution in [-0.4, -0.2) is 25.8 Å². The van der Waals surface area contributed by atoms with Crippen molar-refractivity contribution in [1.29, 1.82) is 0 Å². The molecule has 2 nitrogen and oxygen atoms in total. The number of ether oxygens (including phenoxy) is 1. The van der Waals surface area contributed by atoms with Crippen LogP contribution in [-0.2, 0) is 4.74 Å². The Hall–Kier alpha value is -0.0800. The average Bonchev–Trinajstić information content (AvgIpc) is 2.01. The van der Waals surface area contributed by atoms with Crippen LogP contribution in [0.15, 0.2) is 0 Å². The third-order valence-electron chi connectivity index (χ3n) is 2.88. The Morgan fingerprint density at radius 2 is 2.17 bits per heavy atom. The summed E-state index contributed by atoms with van der Waals surface area (Å²) in [5.41, 5.74) is 0. The molecule has 72 valence electrons. The van der Waals surface area contributed by atoms with E-state index in [0.29, 0.717) is 6.10 Å². The molecule has 0 aliphatic heterocycles. The number of hydrogen-bond donors (Lipinski definition) is 1. The smallest absolute Gasteiger partial charge is 0.0601 e. The average molecular weight is 171 g/mol. The molecule has 0 bridgehead atoms. The van der Waals surface area contributed by atoms with E-state index in [1.165, 1.54) is 19.3 Å². The molecule has 0 radical (unpaired) electrons. The third kappa shape index (κ3) is 2.76. The van der Waals surface area contributed by atoms with Gasteiger partial charge in [-0.3, -0.25) is 0 Å². The van der Waals surface area contributed by atoms with Gasteiger partial charge in [-0.15, -0.1) is 0 Å². The van der Waals surface area contributed by atoms with Crippen LogP contribution in [0.3, 0.4) is 0 Å². The Kier molecular flexibility index (Phi) is 4.02. The highest BCUT2D eigenvalue weighted by molar-refractivity contribution is 4.85. The summed E-state index contributed by atoms with van der Waals surface area (Å²) < 4.78 is 5.21. The van der Waals surface area contributed by atoms with Crippen LogP contribution >= 0.6 is 0 Å². The molecule has 0 aromatic rings. The van der Waals surface area contributed by atoms with E-state index in [0.717, 1.165) is 18.5 Å². The minimum absolute atomic E-state index is 0.527. The van der Waals surface area contributed by atoms with Crippen molar-refractivity contribution >= 4 is 0 Å². The lowest BCUT2D eigenvalue weighted by Crippen LogP contribution is -2.46. The minimum atomic E-state index is 0.527. The fourth-order valence-corrected chi connectivity index (χ4v) is 1.44. The molecule has 1 atom stereocenters. The largest absolute Gasteiger partial charge is 0.381 e. The van der Waals surface area contributed by atoms with Gasteiger partial charge in [0.15, 0.2) is 0 Å². The van der Waals surface area contributed by atoms with Gasteiger partial charge in [-0.05, 0) is 25.3 Å². The van der Waals surface area contributed by atoms with Gasteiger partial charge in [0.05, 0.1) is 6.10 Å². The van der Waals surface area contributed by atoms with Gasteiger partial charge in [-0.25, -0.2) is 0 Å². The fourth-order valence-electron chi connectivity index (χ4n) is 1.44. The van der Waals surface area contributed by atoms with Crippen molar-refractivity contribution in [2.45, 2.75) is 45.3 Å². The molecular formula is C10H21NO. The quantitative estimate of drug-likeness (QED) is 0.681. The van der Waals surface area contributed by atoms with E-state index in [1.807, 2.05) is 0 Å². The molecule has 0 spiro atoms. The molecule has 0 amide bonds. The van der Waals surface area contributed by atoms with Crippen molar-refractivity contribution in [1.82, 2.24) is 5.32 Å². The number of nitrogens with one attached hydrogen (secondary N) is 1. The van der Waals surface area contributed by atoms with Crippen LogP contribution in [0.1, 0.15) is 33.1 Å². The number of rotatable bonds is 5. The lowest BCUT2D eigenvalue weighted by Gasteiger charge is -2.35. The standard InChI is InChI=1S/C10H21NO/c1-4-8(2)7-11-9-5-10(6-9)12-3/h8-11H,4-7H2,1-3H3. The Bertz CT molecular complexity index is 121. The van der Waals surface area contributed by atoms with Gasteiger partial charge >= 0.3 is 0 Å². The lowest BCUT2D eigenvalue weighted by atomic mass is 9.89. The van der Waals surface area contributed by atoms with E-state index in [2.05, 4.69) is 19.2 Å². The van der Waals surface area contributed by atoms with Crippen molar-refractivity contribution in [3.63, 3.8) is 0 Å². The van der Waals surface area contributed by atoms with Crippen LogP contribution in [0.25, 0.3) is 0 Å². The van der Waals surface area contributed by atoms with Gasteiger partial charge < -0.3 is 10.1 Å². The molecule has 1 rings (SSSR count). The van der Waals surface area contributed by atoms with Gasteiger partial charge in [0, 0.05) is 13.2 Å². The number of methoxy groups -OCH3 is 1. The third-order valence-corrected chi connectivity index (χ3v) is 2.88. The zero-order chi connectivity index (χ0) is 8.97. The van der Waals surface area contributed by atoms with Gasteiger partial charge in [-0.1, -0.05) is 20.3 Å². The highest BCUT2D eigenvalue weighted by Crippen LogP contribution is 2.22. The van der Waals surface area contributed by atoms with Crippen molar-refractivity contribution in [2.75, 3.05) is 13.7 Å². The molecule has 1 N–H and O–H groups in total. The molecule has 0 heterocycles. The van der Waals surface area contributed by atoms with Crippen molar-refractivity contribution < 1.29 is 4.74 Å². The molecule has 0 saturated heterocycles. The normalized spacial score (nSPS) is 31.2. The van der Waals surface area contributed by atoms with E-state index in [9.17, 15) is 0 Å². The van der Waals surface area contributed by atoms with Gasteiger partial charge in [0.25, 0.3) is 0 Å². The summed E-state index contributed by atoms with van der Waals surface area (Å²) in [7, 11) is 1.80. The first-order chi connectivity index (χ1) is 5.76. The Morgan fingerprint density at radius 3 is 2.67 bits per heavy atom. The second kappa shape index (κ2) is 4.83. The first-order valence-corrected chi connectivity index (χ1v) is 5.02. The second-order valence-electron chi connectivity index (χ2n) is 3.95. The molecule has 1 aliphatic rings. The number of hydrogen-bond acceptors (Lipinski definition) is 2. The zero-order valence-electron chi connectivity index (χ0n) is 8.47. The predicted octanol–water partition coefficient (Wildman–Crippen LogP) is 1.80. The summed E-state index contributed by atoms with van der Waals surface area (Å²) in [6, 6.07) is 0.726. The van der Waals surface area contributed by atoms with E-state index < -0.39 is 0 Å². The SMILES string of the molecule is CCC(C)CNC1CC(OC)C1. The van der Waals surface area contributed by atoms with Gasteiger partial charge in [0.1, 0.15) is 0 Å². The molecule has 1 aliphatic carbocycles. The molecular weight excluding hydrogens is 150 g/mol. The topological polar surface area (TPSA) is 21.3 Å². The summed E-state index contributed by atoms with van der Waals surface area (Å²) in [4.78, 5) is 0. The monoisotopic (exact) mass is 171 g/mol. The first-order valence-electron chi connectivity index (χ1n) is 5.02. The second-order valence-corrected chi connectivity index (χ2v) is 3.95. The Balaban J connectivity index is 1.96. The zero-order valence-corrected chi connectivity index (χ0v) is 8.47. The highest BCUT2D eigenvalue weighted by Gasteiger charge is 2.28. The van der Waals surface area contributed by atoms with Crippen molar-refractivity contribution in [3.8, 4) is 0 Å². The lowest BCUT2D eigenvalue weighted by molar-refractivity contribution is 0.0166. The van der Waals surface area contributed by atoms with Crippen molar-refractivity contribution in [2.24, 2.45) is 5.92 Å². The van der Waals surface area contributed by atoms with Crippen LogP contribution < -0.4 is 5.32 Å². The van der Waals surface area contributed by atoms with Crippen LogP contribution in [0.4, 0.5) is 0 Å². The van der Waals surface area contributed by atoms with E-state index >= 15 is 0 Å². The first kappa shape index (κ1) is 10.0. The maximum absolute atomic E-state index is 5.21.